The van der Waals surface area contributed by atoms with E-state index in [1.54, 1.807) is 14.2 Å². The number of benzene rings is 1. The molecule has 2 atom stereocenters. The Morgan fingerprint density at radius 3 is 2.57 bits per heavy atom. The van der Waals surface area contributed by atoms with Gasteiger partial charge in [-0.2, -0.15) is 0 Å². The van der Waals surface area contributed by atoms with Crippen LogP contribution in [-0.4, -0.2) is 59.5 Å². The zero-order chi connectivity index (χ0) is 19.9. The summed E-state index contributed by atoms with van der Waals surface area (Å²) >= 11 is 0. The van der Waals surface area contributed by atoms with Crippen molar-refractivity contribution in [1.29, 1.82) is 0 Å². The van der Waals surface area contributed by atoms with Gasteiger partial charge in [-0.25, -0.2) is 0 Å². The lowest BCUT2D eigenvalue weighted by atomic mass is 9.89. The monoisotopic (exact) mass is 504 g/mol. The minimum Gasteiger partial charge on any atom is -0.495 e. The van der Waals surface area contributed by atoms with Gasteiger partial charge in [-0.15, -0.1) is 24.0 Å². The van der Waals surface area contributed by atoms with Crippen molar-refractivity contribution in [3.63, 3.8) is 0 Å². The van der Waals surface area contributed by atoms with Crippen molar-refractivity contribution in [2.45, 2.75) is 33.3 Å². The number of nitrogens with one attached hydrogen (secondary N) is 2. The van der Waals surface area contributed by atoms with Crippen molar-refractivity contribution in [1.82, 2.24) is 10.6 Å². The van der Waals surface area contributed by atoms with E-state index >= 15 is 0 Å². The maximum absolute atomic E-state index is 5.61. The molecule has 6 nitrogen and oxygen atoms in total. The van der Waals surface area contributed by atoms with Crippen LogP contribution in [0.2, 0.25) is 0 Å². The molecule has 0 aliphatic carbocycles. The lowest BCUT2D eigenvalue weighted by Crippen LogP contribution is -2.46. The highest BCUT2D eigenvalue weighted by molar-refractivity contribution is 14.0. The van der Waals surface area contributed by atoms with Crippen LogP contribution >= 0.6 is 24.0 Å². The van der Waals surface area contributed by atoms with Crippen molar-refractivity contribution in [2.75, 3.05) is 52.3 Å². The van der Waals surface area contributed by atoms with E-state index in [1.165, 1.54) is 5.69 Å². The zero-order valence-electron chi connectivity index (χ0n) is 18.1. The van der Waals surface area contributed by atoms with Crippen LogP contribution in [0.4, 0.5) is 5.69 Å². The van der Waals surface area contributed by atoms with Crippen LogP contribution in [0.5, 0.6) is 5.75 Å². The van der Waals surface area contributed by atoms with E-state index in [4.69, 9.17) is 9.47 Å². The predicted molar refractivity (Wildman–Crippen MR) is 128 cm³/mol. The average Bonchev–Trinajstić information content (AvgIpc) is 3.12. The standard InChI is InChI=1S/C21H36N4O2.HI/c1-21(2,3)19(27-6)14-24-20(22-4)23-13-16-11-12-25(15-16)17-9-7-8-10-18(17)26-5;/h7-10,16,19H,11-15H2,1-6H3,(H2,22,23,24);1H. The molecule has 160 valence electrons. The molecule has 0 bridgehead atoms. The second-order valence-corrected chi connectivity index (χ2v) is 8.20. The Labute approximate surface area is 187 Å². The minimum atomic E-state index is 0. The molecule has 0 spiro atoms. The summed E-state index contributed by atoms with van der Waals surface area (Å²) < 4.78 is 11.1. The van der Waals surface area contributed by atoms with Crippen LogP contribution in [0.15, 0.2) is 29.3 Å². The van der Waals surface area contributed by atoms with Gasteiger partial charge in [0.2, 0.25) is 0 Å². The third-order valence-corrected chi connectivity index (χ3v) is 5.20. The molecule has 28 heavy (non-hydrogen) atoms. The summed E-state index contributed by atoms with van der Waals surface area (Å²) in [6, 6.07) is 8.23. The topological polar surface area (TPSA) is 58.1 Å². The first-order chi connectivity index (χ1) is 12.9. The molecule has 1 aromatic rings. The number of guanidine groups is 1. The quantitative estimate of drug-likeness (QED) is 0.339. The highest BCUT2D eigenvalue weighted by Crippen LogP contribution is 2.31. The number of rotatable bonds is 7. The van der Waals surface area contributed by atoms with Crippen LogP contribution < -0.4 is 20.3 Å². The first-order valence-electron chi connectivity index (χ1n) is 9.74. The van der Waals surface area contributed by atoms with E-state index in [-0.39, 0.29) is 35.5 Å². The fourth-order valence-corrected chi connectivity index (χ4v) is 3.50. The molecule has 2 unspecified atom stereocenters. The first-order valence-corrected chi connectivity index (χ1v) is 9.74. The molecule has 2 rings (SSSR count). The SMILES string of the molecule is CN=C(NCC1CCN(c2ccccc2OC)C1)NCC(OC)C(C)(C)C.I. The number of methoxy groups -OCH3 is 2. The summed E-state index contributed by atoms with van der Waals surface area (Å²) in [5.74, 6) is 2.35. The third kappa shape index (κ3) is 6.99. The molecule has 1 heterocycles. The van der Waals surface area contributed by atoms with Gasteiger partial charge in [0.1, 0.15) is 5.75 Å². The van der Waals surface area contributed by atoms with Gasteiger partial charge in [0, 0.05) is 40.3 Å². The average molecular weight is 504 g/mol. The van der Waals surface area contributed by atoms with Gasteiger partial charge >= 0.3 is 0 Å². The minimum absolute atomic E-state index is 0. The summed E-state index contributed by atoms with van der Waals surface area (Å²) in [4.78, 5) is 6.75. The molecule has 7 heteroatoms. The molecule has 0 radical (unpaired) electrons. The van der Waals surface area contributed by atoms with E-state index in [0.717, 1.165) is 44.3 Å². The molecule has 1 aromatic carbocycles. The van der Waals surface area contributed by atoms with Gasteiger partial charge in [-0.1, -0.05) is 32.9 Å². The fourth-order valence-electron chi connectivity index (χ4n) is 3.50. The summed E-state index contributed by atoms with van der Waals surface area (Å²) in [6.45, 7) is 10.3. The first kappa shape index (κ1) is 24.8. The number of para-hydroxylation sites is 2. The van der Waals surface area contributed by atoms with Crippen LogP contribution in [-0.2, 0) is 4.74 Å². The summed E-state index contributed by atoms with van der Waals surface area (Å²) in [5.41, 5.74) is 1.26. The van der Waals surface area contributed by atoms with E-state index in [1.807, 2.05) is 19.2 Å². The van der Waals surface area contributed by atoms with E-state index in [2.05, 4.69) is 53.4 Å². The van der Waals surface area contributed by atoms with Gasteiger partial charge in [-0.3, -0.25) is 4.99 Å². The second-order valence-electron chi connectivity index (χ2n) is 8.20. The molecule has 1 saturated heterocycles. The van der Waals surface area contributed by atoms with Gasteiger partial charge in [0.05, 0.1) is 18.9 Å². The van der Waals surface area contributed by atoms with Crippen LogP contribution in [0.3, 0.4) is 0 Å². The highest BCUT2D eigenvalue weighted by Gasteiger charge is 2.26. The lowest BCUT2D eigenvalue weighted by Gasteiger charge is -2.30. The summed E-state index contributed by atoms with van der Waals surface area (Å²) in [5, 5.41) is 6.86. The Bertz CT molecular complexity index is 619. The van der Waals surface area contributed by atoms with Gasteiger partial charge in [-0.05, 0) is 29.9 Å². The largest absolute Gasteiger partial charge is 0.495 e. The maximum atomic E-state index is 5.61. The number of nitrogens with zero attached hydrogens (tertiary/aromatic N) is 2. The van der Waals surface area contributed by atoms with Crippen molar-refractivity contribution in [3.05, 3.63) is 24.3 Å². The Morgan fingerprint density at radius 1 is 1.25 bits per heavy atom. The zero-order valence-corrected chi connectivity index (χ0v) is 20.4. The molecule has 1 aliphatic heterocycles. The molecule has 0 aromatic heterocycles. The summed E-state index contributed by atoms with van der Waals surface area (Å²) in [7, 11) is 5.30. The van der Waals surface area contributed by atoms with Gasteiger partial charge in [0.25, 0.3) is 0 Å². The number of ether oxygens (including phenoxy) is 2. The lowest BCUT2D eigenvalue weighted by molar-refractivity contribution is 0.0205. The third-order valence-electron chi connectivity index (χ3n) is 5.20. The number of anilines is 1. The fraction of sp³-hybridized carbons (Fsp3) is 0.667. The molecule has 2 N–H and O–H groups in total. The Balaban J connectivity index is 0.00000392. The predicted octanol–water partition coefficient (Wildman–Crippen LogP) is 3.37. The van der Waals surface area contributed by atoms with Crippen molar-refractivity contribution in [3.8, 4) is 5.75 Å². The number of aliphatic imine (C=N–C) groups is 1. The second kappa shape index (κ2) is 11.7. The molecular weight excluding hydrogens is 467 g/mol. The Morgan fingerprint density at radius 2 is 1.96 bits per heavy atom. The van der Waals surface area contributed by atoms with E-state index in [9.17, 15) is 0 Å². The highest BCUT2D eigenvalue weighted by atomic mass is 127. The maximum Gasteiger partial charge on any atom is 0.191 e. The van der Waals surface area contributed by atoms with Crippen LogP contribution in [0.25, 0.3) is 0 Å². The van der Waals surface area contributed by atoms with E-state index in [0.29, 0.717) is 5.92 Å². The molecule has 0 amide bonds. The number of hydrogen-bond acceptors (Lipinski definition) is 4. The summed E-state index contributed by atoms with van der Waals surface area (Å²) in [6.07, 6.45) is 1.29. The van der Waals surface area contributed by atoms with Gasteiger partial charge < -0.3 is 25.0 Å². The Hall–Kier alpha value is -1.22. The normalized spacial score (nSPS) is 18.4. The van der Waals surface area contributed by atoms with Crippen molar-refractivity contribution in [2.24, 2.45) is 16.3 Å². The number of hydrogen-bond donors (Lipinski definition) is 2. The molecular formula is C21H37IN4O2. The number of halogens is 1. The molecule has 1 aliphatic rings. The molecule has 0 saturated carbocycles. The Kier molecular flexibility index (Phi) is 10.4. The van der Waals surface area contributed by atoms with Crippen LogP contribution in [0, 0.1) is 11.3 Å². The van der Waals surface area contributed by atoms with Gasteiger partial charge in [0.15, 0.2) is 5.96 Å². The smallest absolute Gasteiger partial charge is 0.191 e. The van der Waals surface area contributed by atoms with Crippen LogP contribution in [0.1, 0.15) is 27.2 Å². The van der Waals surface area contributed by atoms with Crippen molar-refractivity contribution >= 4 is 35.6 Å². The van der Waals surface area contributed by atoms with E-state index < -0.39 is 0 Å². The van der Waals surface area contributed by atoms with Crippen molar-refractivity contribution < 1.29 is 9.47 Å². The molecule has 1 fully saturated rings.